The Kier molecular flexibility index (Phi) is 3.67. The van der Waals surface area contributed by atoms with Gasteiger partial charge in [0.15, 0.2) is 0 Å². The molecule has 0 aromatic carbocycles. The van der Waals surface area contributed by atoms with Crippen LogP contribution >= 0.6 is 0 Å². The fourth-order valence-corrected chi connectivity index (χ4v) is 2.84. The minimum Gasteiger partial charge on any atom is -0.476 e. The maximum atomic E-state index is 5.81. The number of ether oxygens (including phenoxy) is 1. The molecule has 0 amide bonds. The first-order chi connectivity index (χ1) is 9.38. The molecular formula is C15H21N3O. The van der Waals surface area contributed by atoms with Gasteiger partial charge < -0.3 is 9.64 Å². The first kappa shape index (κ1) is 12.5. The van der Waals surface area contributed by atoms with Gasteiger partial charge in [-0.25, -0.2) is 9.97 Å². The van der Waals surface area contributed by atoms with Crippen LogP contribution in [0.3, 0.4) is 0 Å². The lowest BCUT2D eigenvalue weighted by molar-refractivity contribution is 0.250. The molecule has 4 rings (SSSR count). The molecule has 0 atom stereocenters. The van der Waals surface area contributed by atoms with E-state index in [0.717, 1.165) is 25.1 Å². The average Bonchev–Trinajstić information content (AvgIpc) is 2.49. The van der Waals surface area contributed by atoms with Gasteiger partial charge in [-0.1, -0.05) is 13.3 Å². The quantitative estimate of drug-likeness (QED) is 0.762. The van der Waals surface area contributed by atoms with Gasteiger partial charge >= 0.3 is 0 Å². The molecule has 0 N–H and O–H groups in total. The molecule has 1 fully saturated rings. The Morgan fingerprint density at radius 2 is 2.05 bits per heavy atom. The summed E-state index contributed by atoms with van der Waals surface area (Å²) in [5.74, 6) is 1.34. The molecule has 3 aliphatic heterocycles. The highest BCUT2D eigenvalue weighted by Crippen LogP contribution is 2.38. The highest BCUT2D eigenvalue weighted by molar-refractivity contribution is 5.69. The molecule has 4 heterocycles. The molecule has 4 nitrogen and oxygen atoms in total. The van der Waals surface area contributed by atoms with Gasteiger partial charge in [0.1, 0.15) is 5.69 Å². The smallest absolute Gasteiger partial charge is 0.240 e. The van der Waals surface area contributed by atoms with Gasteiger partial charge in [0.05, 0.1) is 6.61 Å². The van der Waals surface area contributed by atoms with Crippen molar-refractivity contribution in [3.8, 4) is 5.88 Å². The molecule has 0 radical (unpaired) electrons. The fourth-order valence-electron chi connectivity index (χ4n) is 2.84. The van der Waals surface area contributed by atoms with E-state index >= 15 is 0 Å². The van der Waals surface area contributed by atoms with Crippen LogP contribution in [0.25, 0.3) is 5.57 Å². The SMILES string of the molecule is CCCCOc1nccnc1C1=CN2CCC1CC2. The predicted octanol–water partition coefficient (Wildman–Crippen LogP) is 2.72. The third kappa shape index (κ3) is 2.57. The van der Waals surface area contributed by atoms with Gasteiger partial charge in [-0.2, -0.15) is 0 Å². The molecule has 0 aliphatic carbocycles. The average molecular weight is 259 g/mol. The third-order valence-electron chi connectivity index (χ3n) is 3.97. The summed E-state index contributed by atoms with van der Waals surface area (Å²) >= 11 is 0. The Hall–Kier alpha value is -1.58. The number of piperidine rings is 1. The summed E-state index contributed by atoms with van der Waals surface area (Å²) in [5.41, 5.74) is 2.27. The second-order valence-corrected chi connectivity index (χ2v) is 5.31. The third-order valence-corrected chi connectivity index (χ3v) is 3.97. The number of nitrogens with zero attached hydrogens (tertiary/aromatic N) is 3. The van der Waals surface area contributed by atoms with E-state index in [1.807, 2.05) is 0 Å². The van der Waals surface area contributed by atoms with Gasteiger partial charge in [-0.05, 0) is 25.2 Å². The predicted molar refractivity (Wildman–Crippen MR) is 74.7 cm³/mol. The van der Waals surface area contributed by atoms with E-state index in [4.69, 9.17) is 4.74 Å². The molecule has 4 heteroatoms. The lowest BCUT2D eigenvalue weighted by Crippen LogP contribution is -2.35. The summed E-state index contributed by atoms with van der Waals surface area (Å²) in [4.78, 5) is 11.3. The van der Waals surface area contributed by atoms with Crippen LogP contribution in [-0.4, -0.2) is 34.6 Å². The molecule has 1 saturated heterocycles. The molecule has 2 bridgehead atoms. The largest absolute Gasteiger partial charge is 0.476 e. The minimum absolute atomic E-state index is 0.634. The van der Waals surface area contributed by atoms with Gasteiger partial charge in [-0.3, -0.25) is 0 Å². The molecule has 0 saturated carbocycles. The number of aromatic nitrogens is 2. The van der Waals surface area contributed by atoms with Crippen molar-refractivity contribution in [3.63, 3.8) is 0 Å². The van der Waals surface area contributed by atoms with Crippen molar-refractivity contribution in [1.29, 1.82) is 0 Å². The molecule has 102 valence electrons. The van der Waals surface area contributed by atoms with Crippen molar-refractivity contribution in [2.45, 2.75) is 32.6 Å². The lowest BCUT2D eigenvalue weighted by Gasteiger charge is -2.38. The number of hydrogen-bond acceptors (Lipinski definition) is 4. The standard InChI is InChI=1S/C15H21N3O/c1-2-3-10-19-15-14(16-6-7-17-15)13-11-18-8-4-12(13)5-9-18/h6-7,11-12H,2-5,8-10H2,1H3. The Morgan fingerprint density at radius 3 is 2.74 bits per heavy atom. The van der Waals surface area contributed by atoms with Crippen LogP contribution in [0.5, 0.6) is 5.88 Å². The normalized spacial score (nSPS) is 18.6. The minimum atomic E-state index is 0.634. The van der Waals surface area contributed by atoms with Crippen molar-refractivity contribution in [1.82, 2.24) is 14.9 Å². The zero-order valence-electron chi connectivity index (χ0n) is 11.5. The van der Waals surface area contributed by atoms with E-state index in [0.29, 0.717) is 11.8 Å². The zero-order chi connectivity index (χ0) is 13.1. The number of rotatable bonds is 5. The van der Waals surface area contributed by atoms with Crippen LogP contribution in [0, 0.1) is 5.92 Å². The summed E-state index contributed by atoms with van der Waals surface area (Å²) in [6.45, 7) is 5.25. The second-order valence-electron chi connectivity index (χ2n) is 5.31. The maximum absolute atomic E-state index is 5.81. The van der Waals surface area contributed by atoms with Crippen molar-refractivity contribution in [2.24, 2.45) is 5.92 Å². The van der Waals surface area contributed by atoms with Crippen molar-refractivity contribution in [2.75, 3.05) is 19.7 Å². The van der Waals surface area contributed by atoms with Crippen LogP contribution in [0.4, 0.5) is 0 Å². The van der Waals surface area contributed by atoms with E-state index in [9.17, 15) is 0 Å². The second kappa shape index (κ2) is 5.59. The van der Waals surface area contributed by atoms with E-state index in [2.05, 4.69) is 28.0 Å². The van der Waals surface area contributed by atoms with E-state index in [1.54, 1.807) is 12.4 Å². The molecule has 3 aliphatic rings. The summed E-state index contributed by atoms with van der Waals surface area (Å²) in [5, 5.41) is 0. The topological polar surface area (TPSA) is 38.3 Å². The van der Waals surface area contributed by atoms with Crippen molar-refractivity contribution < 1.29 is 4.74 Å². The highest BCUT2D eigenvalue weighted by atomic mass is 16.5. The van der Waals surface area contributed by atoms with Crippen molar-refractivity contribution >= 4 is 5.57 Å². The van der Waals surface area contributed by atoms with Gasteiger partial charge in [0.2, 0.25) is 5.88 Å². The first-order valence-corrected chi connectivity index (χ1v) is 7.28. The number of hydrogen-bond donors (Lipinski definition) is 0. The van der Waals surface area contributed by atoms with Gasteiger partial charge in [-0.15, -0.1) is 0 Å². The Labute approximate surface area is 114 Å². The summed E-state index contributed by atoms with van der Waals surface area (Å²) in [6.07, 6.45) is 10.4. The number of unbranched alkanes of at least 4 members (excludes halogenated alkanes) is 1. The van der Waals surface area contributed by atoms with Crippen LogP contribution in [-0.2, 0) is 0 Å². The van der Waals surface area contributed by atoms with Gasteiger partial charge in [0.25, 0.3) is 0 Å². The molecular weight excluding hydrogens is 238 g/mol. The summed E-state index contributed by atoms with van der Waals surface area (Å²) in [7, 11) is 0. The number of allylic oxidation sites excluding steroid dienone is 1. The summed E-state index contributed by atoms with van der Waals surface area (Å²) < 4.78 is 5.81. The maximum Gasteiger partial charge on any atom is 0.240 e. The molecule has 1 aromatic heterocycles. The van der Waals surface area contributed by atoms with Crippen LogP contribution in [0.1, 0.15) is 38.3 Å². The molecule has 19 heavy (non-hydrogen) atoms. The summed E-state index contributed by atoms with van der Waals surface area (Å²) in [6, 6.07) is 0. The molecule has 0 spiro atoms. The highest BCUT2D eigenvalue weighted by Gasteiger charge is 2.30. The first-order valence-electron chi connectivity index (χ1n) is 7.28. The van der Waals surface area contributed by atoms with Crippen LogP contribution in [0.2, 0.25) is 0 Å². The lowest BCUT2D eigenvalue weighted by atomic mass is 9.84. The monoisotopic (exact) mass is 259 g/mol. The van der Waals surface area contributed by atoms with E-state index in [1.165, 1.54) is 31.5 Å². The van der Waals surface area contributed by atoms with E-state index in [-0.39, 0.29) is 0 Å². The Bertz CT molecular complexity index is 464. The van der Waals surface area contributed by atoms with Gasteiger partial charge in [0, 0.05) is 37.3 Å². The Morgan fingerprint density at radius 1 is 1.26 bits per heavy atom. The zero-order valence-corrected chi connectivity index (χ0v) is 11.5. The molecule has 1 aromatic rings. The molecule has 0 unspecified atom stereocenters. The van der Waals surface area contributed by atoms with E-state index < -0.39 is 0 Å². The van der Waals surface area contributed by atoms with Crippen LogP contribution in [0.15, 0.2) is 18.6 Å². The van der Waals surface area contributed by atoms with Crippen molar-refractivity contribution in [3.05, 3.63) is 24.3 Å². The number of fused-ring (bicyclic) bond motifs is 2. The fraction of sp³-hybridized carbons (Fsp3) is 0.600. The Balaban J connectivity index is 1.84. The van der Waals surface area contributed by atoms with Crippen LogP contribution < -0.4 is 4.74 Å².